The zero-order valence-electron chi connectivity index (χ0n) is 6.59. The fourth-order valence-electron chi connectivity index (χ4n) is 0.892. The van der Waals surface area contributed by atoms with Crippen LogP contribution in [0.4, 0.5) is 17.6 Å². The van der Waals surface area contributed by atoms with Gasteiger partial charge in [0.1, 0.15) is 0 Å². The summed E-state index contributed by atoms with van der Waals surface area (Å²) < 4.78 is 48.9. The molecule has 0 aromatic carbocycles. The fourth-order valence-corrected chi connectivity index (χ4v) is 0.892. The Morgan fingerprint density at radius 2 is 1.86 bits per heavy atom. The number of rotatable bonds is 1. The van der Waals surface area contributed by atoms with E-state index in [1.807, 2.05) is 0 Å². The summed E-state index contributed by atoms with van der Waals surface area (Å²) in [5, 5.41) is 17.1. The van der Waals surface area contributed by atoms with E-state index >= 15 is 0 Å². The third-order valence-electron chi connectivity index (χ3n) is 1.48. The first-order valence-electron chi connectivity index (χ1n) is 3.41. The predicted octanol–water partition coefficient (Wildman–Crippen LogP) is -0.0807. The van der Waals surface area contributed by atoms with E-state index in [0.29, 0.717) is 6.20 Å². The van der Waals surface area contributed by atoms with Crippen LogP contribution in [0.5, 0.6) is 0 Å². The van der Waals surface area contributed by atoms with Crippen molar-refractivity contribution in [1.29, 1.82) is 0 Å². The lowest BCUT2D eigenvalue weighted by molar-refractivity contribution is -0.137. The minimum atomic E-state index is -4.84. The van der Waals surface area contributed by atoms with Gasteiger partial charge in [-0.15, -0.1) is 0 Å². The number of hydrogen-bond donors (Lipinski definition) is 2. The number of nitrogens with zero attached hydrogens (tertiary/aromatic N) is 1. The Bertz CT molecular complexity index is 341. The van der Waals surface area contributed by atoms with E-state index in [0.717, 1.165) is 0 Å². The molecule has 0 radical (unpaired) electrons. The van der Waals surface area contributed by atoms with Crippen molar-refractivity contribution < 1.29 is 27.6 Å². The predicted molar refractivity (Wildman–Crippen MR) is 39.0 cm³/mol. The number of aromatic nitrogens is 1. The highest BCUT2D eigenvalue weighted by Crippen LogP contribution is 2.27. The molecule has 1 heterocycles. The van der Waals surface area contributed by atoms with Crippen LogP contribution in [0.2, 0.25) is 0 Å². The van der Waals surface area contributed by atoms with Gasteiger partial charge in [-0.3, -0.25) is 0 Å². The molecule has 0 aliphatic rings. The SMILES string of the molecule is OB(O)c1cnc(F)cc1C(F)(F)F. The molecule has 0 aliphatic heterocycles. The Kier molecular flexibility index (Phi) is 2.77. The fraction of sp³-hybridized carbons (Fsp3) is 0.167. The molecule has 0 fully saturated rings. The summed E-state index contributed by atoms with van der Waals surface area (Å²) in [4.78, 5) is 2.89. The van der Waals surface area contributed by atoms with Crippen molar-refractivity contribution >= 4 is 12.6 Å². The van der Waals surface area contributed by atoms with Crippen molar-refractivity contribution in [2.75, 3.05) is 0 Å². The molecule has 0 spiro atoms. The van der Waals surface area contributed by atoms with Gasteiger partial charge in [0, 0.05) is 17.7 Å². The summed E-state index contributed by atoms with van der Waals surface area (Å²) in [7, 11) is -2.33. The molecule has 14 heavy (non-hydrogen) atoms. The second-order valence-corrected chi connectivity index (χ2v) is 2.47. The minimum absolute atomic E-state index is 0.106. The maximum atomic E-state index is 12.4. The van der Waals surface area contributed by atoms with Gasteiger partial charge in [0.25, 0.3) is 0 Å². The van der Waals surface area contributed by atoms with E-state index in [1.165, 1.54) is 0 Å². The Hall–Kier alpha value is -1.15. The van der Waals surface area contributed by atoms with Crippen LogP contribution in [0.15, 0.2) is 12.3 Å². The number of halogens is 4. The third kappa shape index (κ3) is 2.21. The molecule has 76 valence electrons. The van der Waals surface area contributed by atoms with Crippen molar-refractivity contribution in [2.24, 2.45) is 0 Å². The second-order valence-electron chi connectivity index (χ2n) is 2.47. The summed E-state index contributed by atoms with van der Waals surface area (Å²) in [6.07, 6.45) is -4.41. The summed E-state index contributed by atoms with van der Waals surface area (Å²) in [6, 6.07) is 0.106. The molecule has 0 saturated heterocycles. The van der Waals surface area contributed by atoms with Gasteiger partial charge in [0.2, 0.25) is 5.95 Å². The summed E-state index contributed by atoms with van der Waals surface area (Å²) in [6.45, 7) is 0. The highest BCUT2D eigenvalue weighted by Gasteiger charge is 2.36. The lowest BCUT2D eigenvalue weighted by atomic mass is 9.78. The molecular formula is C6H4BF4NO2. The van der Waals surface area contributed by atoms with Crippen molar-refractivity contribution in [3.8, 4) is 0 Å². The van der Waals surface area contributed by atoms with Gasteiger partial charge in [-0.2, -0.15) is 17.6 Å². The molecule has 2 N–H and O–H groups in total. The van der Waals surface area contributed by atoms with E-state index < -0.39 is 30.3 Å². The highest BCUT2D eigenvalue weighted by atomic mass is 19.4. The Morgan fingerprint density at radius 1 is 1.29 bits per heavy atom. The molecule has 0 amide bonds. The van der Waals surface area contributed by atoms with Crippen LogP contribution in [0, 0.1) is 5.95 Å². The quantitative estimate of drug-likeness (QED) is 0.386. The van der Waals surface area contributed by atoms with E-state index in [9.17, 15) is 17.6 Å². The number of hydrogen-bond acceptors (Lipinski definition) is 3. The van der Waals surface area contributed by atoms with Crippen molar-refractivity contribution in [3.05, 3.63) is 23.8 Å². The molecule has 1 aromatic heterocycles. The van der Waals surface area contributed by atoms with Gasteiger partial charge < -0.3 is 10.0 Å². The third-order valence-corrected chi connectivity index (χ3v) is 1.48. The van der Waals surface area contributed by atoms with Gasteiger partial charge in [-0.1, -0.05) is 0 Å². The van der Waals surface area contributed by atoms with Gasteiger partial charge >= 0.3 is 13.3 Å². The molecule has 0 bridgehead atoms. The summed E-state index contributed by atoms with van der Waals surface area (Å²) in [5.41, 5.74) is -2.32. The smallest absolute Gasteiger partial charge is 0.423 e. The molecule has 1 rings (SSSR count). The maximum absolute atomic E-state index is 12.4. The molecule has 0 saturated carbocycles. The van der Waals surface area contributed by atoms with E-state index in [-0.39, 0.29) is 6.07 Å². The lowest BCUT2D eigenvalue weighted by Crippen LogP contribution is -2.36. The number of alkyl halides is 3. The van der Waals surface area contributed by atoms with Crippen LogP contribution < -0.4 is 5.46 Å². The average molecular weight is 209 g/mol. The van der Waals surface area contributed by atoms with Crippen molar-refractivity contribution in [2.45, 2.75) is 6.18 Å². The second kappa shape index (κ2) is 3.54. The first-order valence-corrected chi connectivity index (χ1v) is 3.41. The van der Waals surface area contributed by atoms with Gasteiger partial charge in [0.15, 0.2) is 0 Å². The van der Waals surface area contributed by atoms with Crippen LogP contribution in [0.25, 0.3) is 0 Å². The normalized spacial score (nSPS) is 11.6. The van der Waals surface area contributed by atoms with E-state index in [4.69, 9.17) is 10.0 Å². The number of pyridine rings is 1. The standard InChI is InChI=1S/C6H4BF4NO2/c8-5-1-3(6(9,10)11)4(2-12-5)7(13)14/h1-2,13-14H. The molecular weight excluding hydrogens is 205 g/mol. The minimum Gasteiger partial charge on any atom is -0.423 e. The molecule has 8 heteroatoms. The maximum Gasteiger partial charge on any atom is 0.490 e. The zero-order chi connectivity index (χ0) is 10.9. The zero-order valence-corrected chi connectivity index (χ0v) is 6.59. The summed E-state index contributed by atoms with van der Waals surface area (Å²) in [5.74, 6) is -1.33. The summed E-state index contributed by atoms with van der Waals surface area (Å²) >= 11 is 0. The highest BCUT2D eigenvalue weighted by molar-refractivity contribution is 6.59. The topological polar surface area (TPSA) is 53.4 Å². The van der Waals surface area contributed by atoms with Crippen LogP contribution in [-0.2, 0) is 6.18 Å². The van der Waals surface area contributed by atoms with Crippen LogP contribution in [-0.4, -0.2) is 22.2 Å². The van der Waals surface area contributed by atoms with E-state index in [1.54, 1.807) is 0 Å². The van der Waals surface area contributed by atoms with Crippen LogP contribution >= 0.6 is 0 Å². The van der Waals surface area contributed by atoms with Gasteiger partial charge in [-0.05, 0) is 0 Å². The largest absolute Gasteiger partial charge is 0.490 e. The van der Waals surface area contributed by atoms with Gasteiger partial charge in [0.05, 0.1) is 5.56 Å². The Balaban J connectivity index is 3.30. The monoisotopic (exact) mass is 209 g/mol. The van der Waals surface area contributed by atoms with Crippen LogP contribution in [0.1, 0.15) is 5.56 Å². The van der Waals surface area contributed by atoms with Crippen molar-refractivity contribution in [3.63, 3.8) is 0 Å². The van der Waals surface area contributed by atoms with Crippen LogP contribution in [0.3, 0.4) is 0 Å². The van der Waals surface area contributed by atoms with E-state index in [2.05, 4.69) is 4.98 Å². The molecule has 1 aromatic rings. The molecule has 0 aliphatic carbocycles. The van der Waals surface area contributed by atoms with Gasteiger partial charge in [-0.25, -0.2) is 4.98 Å². The molecule has 0 unspecified atom stereocenters. The Labute approximate surface area is 76.2 Å². The lowest BCUT2D eigenvalue weighted by Gasteiger charge is -2.11. The molecule has 3 nitrogen and oxygen atoms in total. The Morgan fingerprint density at radius 3 is 2.29 bits per heavy atom. The average Bonchev–Trinajstić information content (AvgIpc) is 2.01. The van der Waals surface area contributed by atoms with Crippen molar-refractivity contribution in [1.82, 2.24) is 4.98 Å². The molecule has 0 atom stereocenters. The first kappa shape index (κ1) is 10.9. The first-order chi connectivity index (χ1) is 6.32.